The number of anilines is 1. The Labute approximate surface area is 130 Å². The zero-order valence-electron chi connectivity index (χ0n) is 11.0. The van der Waals surface area contributed by atoms with E-state index in [4.69, 9.17) is 4.55 Å². The molecule has 0 unspecified atom stereocenters. The summed E-state index contributed by atoms with van der Waals surface area (Å²) in [5.41, 5.74) is 4.06. The molecule has 0 spiro atoms. The maximum atomic E-state index is 10.9. The monoisotopic (exact) mass is 334 g/mol. The molecule has 0 atom stereocenters. The lowest BCUT2D eigenvalue weighted by molar-refractivity contribution is 0.483. The minimum absolute atomic E-state index is 0.179. The van der Waals surface area contributed by atoms with Gasteiger partial charge < -0.3 is 0 Å². The van der Waals surface area contributed by atoms with E-state index in [1.54, 1.807) is 0 Å². The first-order chi connectivity index (χ1) is 10.5. The number of hydrogen-bond donors (Lipinski definition) is 2. The van der Waals surface area contributed by atoms with Gasteiger partial charge in [-0.3, -0.25) is 9.98 Å². The molecule has 112 valence electrons. The van der Waals surface area contributed by atoms with Gasteiger partial charge in [-0.05, 0) is 36.4 Å². The molecule has 2 aromatic carbocycles. The van der Waals surface area contributed by atoms with E-state index >= 15 is 0 Å². The van der Waals surface area contributed by atoms with E-state index in [1.165, 1.54) is 35.6 Å². The van der Waals surface area contributed by atoms with Crippen molar-refractivity contribution in [2.75, 3.05) is 5.43 Å². The van der Waals surface area contributed by atoms with Crippen LogP contribution in [-0.2, 0) is 10.1 Å². The largest absolute Gasteiger partial charge is 0.294 e. The van der Waals surface area contributed by atoms with Gasteiger partial charge in [0.1, 0.15) is 0 Å². The Balaban J connectivity index is 1.71. The van der Waals surface area contributed by atoms with E-state index in [0.29, 0.717) is 10.8 Å². The molecule has 0 radical (unpaired) electrons. The molecule has 0 aliphatic rings. The Bertz CT molecular complexity index is 900. The van der Waals surface area contributed by atoms with Crippen LogP contribution in [0.15, 0.2) is 63.8 Å². The highest BCUT2D eigenvalue weighted by molar-refractivity contribution is 7.85. The smallest absolute Gasteiger partial charge is 0.282 e. The summed E-state index contributed by atoms with van der Waals surface area (Å²) in [4.78, 5) is 4.12. The van der Waals surface area contributed by atoms with Crippen molar-refractivity contribution in [3.63, 3.8) is 0 Å². The SMILES string of the molecule is O=S(=O)(O)c1ccc(NN=Nc2nc3ccccc3s2)cc1. The van der Waals surface area contributed by atoms with E-state index < -0.39 is 10.1 Å². The van der Waals surface area contributed by atoms with Crippen molar-refractivity contribution < 1.29 is 13.0 Å². The molecule has 0 saturated heterocycles. The van der Waals surface area contributed by atoms with E-state index in [0.717, 1.165) is 10.2 Å². The van der Waals surface area contributed by atoms with Gasteiger partial charge in [-0.1, -0.05) is 28.7 Å². The van der Waals surface area contributed by atoms with Crippen LogP contribution in [0.3, 0.4) is 0 Å². The minimum atomic E-state index is -4.19. The first kappa shape index (κ1) is 14.6. The number of nitrogens with one attached hydrogen (secondary N) is 1. The van der Waals surface area contributed by atoms with Crippen molar-refractivity contribution in [3.05, 3.63) is 48.5 Å². The Hall–Kier alpha value is -2.36. The van der Waals surface area contributed by atoms with Crippen molar-refractivity contribution in [3.8, 4) is 0 Å². The van der Waals surface area contributed by atoms with Crippen molar-refractivity contribution >= 4 is 42.5 Å². The summed E-state index contributed by atoms with van der Waals surface area (Å²) in [5.74, 6) is 0. The predicted octanol–water partition coefficient (Wildman–Crippen LogP) is 3.65. The van der Waals surface area contributed by atoms with Gasteiger partial charge in [0.2, 0.25) is 5.13 Å². The van der Waals surface area contributed by atoms with Gasteiger partial charge in [-0.25, -0.2) is 4.98 Å². The lowest BCUT2D eigenvalue weighted by atomic mass is 10.3. The number of fused-ring (bicyclic) bond motifs is 1. The summed E-state index contributed by atoms with van der Waals surface area (Å²) in [6.45, 7) is 0. The zero-order chi connectivity index (χ0) is 15.6. The minimum Gasteiger partial charge on any atom is -0.282 e. The Morgan fingerprint density at radius 1 is 1.09 bits per heavy atom. The molecule has 1 heterocycles. The second-order valence-corrected chi connectivity index (χ2v) is 6.71. The molecule has 2 N–H and O–H groups in total. The molecule has 3 rings (SSSR count). The second-order valence-electron chi connectivity index (χ2n) is 4.28. The van der Waals surface area contributed by atoms with E-state index in [2.05, 4.69) is 20.7 Å². The predicted molar refractivity (Wildman–Crippen MR) is 84.0 cm³/mol. The molecule has 22 heavy (non-hydrogen) atoms. The number of rotatable bonds is 4. The Morgan fingerprint density at radius 3 is 2.50 bits per heavy atom. The molecule has 0 aliphatic carbocycles. The topological polar surface area (TPSA) is 104 Å². The summed E-state index contributed by atoms with van der Waals surface area (Å²) in [6, 6.07) is 13.2. The molecule has 7 nitrogen and oxygen atoms in total. The third kappa shape index (κ3) is 3.27. The third-order valence-corrected chi connectivity index (χ3v) is 4.54. The zero-order valence-corrected chi connectivity index (χ0v) is 12.7. The number of thiazole rings is 1. The molecule has 1 aromatic heterocycles. The summed E-state index contributed by atoms with van der Waals surface area (Å²) >= 11 is 1.41. The van der Waals surface area contributed by atoms with Crippen LogP contribution in [-0.4, -0.2) is 18.0 Å². The van der Waals surface area contributed by atoms with Gasteiger partial charge in [0, 0.05) is 0 Å². The van der Waals surface area contributed by atoms with Crippen LogP contribution >= 0.6 is 11.3 Å². The fourth-order valence-corrected chi connectivity index (χ4v) is 3.00. The van der Waals surface area contributed by atoms with Crippen LogP contribution in [0.1, 0.15) is 0 Å². The fourth-order valence-electron chi connectivity index (χ4n) is 1.73. The molecular formula is C13H10N4O3S2. The first-order valence-electron chi connectivity index (χ1n) is 6.12. The molecule has 9 heteroatoms. The molecule has 0 amide bonds. The van der Waals surface area contributed by atoms with Crippen molar-refractivity contribution in [1.82, 2.24) is 4.98 Å². The van der Waals surface area contributed by atoms with Crippen LogP contribution in [0.2, 0.25) is 0 Å². The van der Waals surface area contributed by atoms with Crippen LogP contribution in [0.4, 0.5) is 10.8 Å². The van der Waals surface area contributed by atoms with Crippen LogP contribution < -0.4 is 5.43 Å². The van der Waals surface area contributed by atoms with Crippen LogP contribution in [0.5, 0.6) is 0 Å². The summed E-state index contributed by atoms with van der Waals surface area (Å²) < 4.78 is 31.7. The van der Waals surface area contributed by atoms with Gasteiger partial charge in [-0.15, -0.1) is 5.11 Å². The van der Waals surface area contributed by atoms with Gasteiger partial charge in [0.15, 0.2) is 0 Å². The molecule has 0 fully saturated rings. The standard InChI is InChI=1S/C13H10N4O3S2/c18-22(19,20)10-7-5-9(6-8-10)15-17-16-13-14-11-3-1-2-4-12(11)21-13/h1-8H,(H,14,15,16)(H,18,19,20). The normalized spacial score (nSPS) is 12.0. The maximum Gasteiger partial charge on any atom is 0.294 e. The maximum absolute atomic E-state index is 10.9. The second kappa shape index (κ2) is 5.79. The molecule has 0 aliphatic heterocycles. The number of aromatic nitrogens is 1. The van der Waals surface area contributed by atoms with Crippen molar-refractivity contribution in [2.24, 2.45) is 10.3 Å². The summed E-state index contributed by atoms with van der Waals surface area (Å²) in [6.07, 6.45) is 0. The van der Waals surface area contributed by atoms with Gasteiger partial charge in [-0.2, -0.15) is 8.42 Å². The van der Waals surface area contributed by atoms with E-state index in [1.807, 2.05) is 24.3 Å². The van der Waals surface area contributed by atoms with Crippen LogP contribution in [0, 0.1) is 0 Å². The highest BCUT2D eigenvalue weighted by Crippen LogP contribution is 2.27. The molecular weight excluding hydrogens is 324 g/mol. The summed E-state index contributed by atoms with van der Waals surface area (Å²) in [7, 11) is -4.19. The highest BCUT2D eigenvalue weighted by atomic mass is 32.2. The van der Waals surface area contributed by atoms with E-state index in [9.17, 15) is 8.42 Å². The molecule has 0 bridgehead atoms. The van der Waals surface area contributed by atoms with Gasteiger partial charge in [0.05, 0.1) is 20.8 Å². The first-order valence-corrected chi connectivity index (χ1v) is 8.38. The summed E-state index contributed by atoms with van der Waals surface area (Å²) in [5, 5.41) is 8.29. The number of para-hydroxylation sites is 1. The Kier molecular flexibility index (Phi) is 3.84. The average Bonchev–Trinajstić information content (AvgIpc) is 2.89. The Morgan fingerprint density at radius 2 is 1.82 bits per heavy atom. The van der Waals surface area contributed by atoms with E-state index in [-0.39, 0.29) is 4.90 Å². The van der Waals surface area contributed by atoms with Crippen molar-refractivity contribution in [1.29, 1.82) is 0 Å². The number of benzene rings is 2. The highest BCUT2D eigenvalue weighted by Gasteiger charge is 2.08. The quantitative estimate of drug-likeness (QED) is 0.430. The number of nitrogens with zero attached hydrogens (tertiary/aromatic N) is 3. The lowest BCUT2D eigenvalue weighted by Crippen LogP contribution is -1.97. The molecule has 0 saturated carbocycles. The number of hydrogen-bond acceptors (Lipinski definition) is 6. The third-order valence-electron chi connectivity index (χ3n) is 2.75. The molecule has 3 aromatic rings. The van der Waals surface area contributed by atoms with Crippen LogP contribution in [0.25, 0.3) is 10.2 Å². The average molecular weight is 334 g/mol. The lowest BCUT2D eigenvalue weighted by Gasteiger charge is -1.99. The van der Waals surface area contributed by atoms with Gasteiger partial charge >= 0.3 is 0 Å². The van der Waals surface area contributed by atoms with Gasteiger partial charge in [0.25, 0.3) is 10.1 Å². The fraction of sp³-hybridized carbons (Fsp3) is 0. The van der Waals surface area contributed by atoms with Crippen molar-refractivity contribution in [2.45, 2.75) is 4.90 Å².